The second-order valence-corrected chi connectivity index (χ2v) is 5.91. The molecule has 0 saturated heterocycles. The number of aliphatic hydroxyl groups excluding tert-OH is 1. The van der Waals surface area contributed by atoms with Gasteiger partial charge in [0.2, 0.25) is 5.43 Å². The van der Waals surface area contributed by atoms with E-state index in [1.165, 1.54) is 0 Å². The van der Waals surface area contributed by atoms with Gasteiger partial charge in [0.25, 0.3) is 5.91 Å². The molecule has 1 aromatic carbocycles. The molecule has 0 unspecified atom stereocenters. The first-order chi connectivity index (χ1) is 14.1. The molecule has 2 rings (SSSR count). The zero-order chi connectivity index (χ0) is 22.6. The largest absolute Gasteiger partial charge is 0.491 e. The standard InChI is InChI=1S/C18H17F3N2O7/c1-29-16-14(18(28)30-2)23(7-13(24)25)6-10(15(16)26)17(27)22-5-9-11(20)3-8(19)4-12(9)21/h3-4,6,13,24-25H,5,7H2,1-2H3,(H,22,27). The fourth-order valence-electron chi connectivity index (χ4n) is 2.62. The number of aromatic nitrogens is 1. The molecule has 0 aliphatic rings. The van der Waals surface area contributed by atoms with Crippen LogP contribution in [0.2, 0.25) is 0 Å². The van der Waals surface area contributed by atoms with Crippen molar-refractivity contribution in [3.8, 4) is 5.75 Å². The lowest BCUT2D eigenvalue weighted by Crippen LogP contribution is -2.33. The molecule has 2 aromatic rings. The maximum atomic E-state index is 13.7. The quantitative estimate of drug-likeness (QED) is 0.426. The van der Waals surface area contributed by atoms with Crippen LogP contribution in [0.4, 0.5) is 13.2 Å². The number of halogens is 3. The van der Waals surface area contributed by atoms with E-state index in [0.717, 1.165) is 25.0 Å². The van der Waals surface area contributed by atoms with Gasteiger partial charge in [0.05, 0.1) is 20.8 Å². The highest BCUT2D eigenvalue weighted by Gasteiger charge is 2.26. The first-order valence-electron chi connectivity index (χ1n) is 8.28. The van der Waals surface area contributed by atoms with E-state index < -0.39 is 76.7 Å². The number of carbonyl (C=O) groups excluding carboxylic acids is 2. The topological polar surface area (TPSA) is 127 Å². The highest BCUT2D eigenvalue weighted by atomic mass is 19.1. The van der Waals surface area contributed by atoms with Gasteiger partial charge in [0.1, 0.15) is 23.0 Å². The van der Waals surface area contributed by atoms with Crippen LogP contribution in [-0.2, 0) is 17.8 Å². The van der Waals surface area contributed by atoms with E-state index in [9.17, 15) is 37.8 Å². The fourth-order valence-corrected chi connectivity index (χ4v) is 2.62. The van der Waals surface area contributed by atoms with Crippen LogP contribution < -0.4 is 15.5 Å². The summed E-state index contributed by atoms with van der Waals surface area (Å²) in [6.07, 6.45) is -1.14. The van der Waals surface area contributed by atoms with E-state index in [-0.39, 0.29) is 0 Å². The molecule has 12 heteroatoms. The minimum Gasteiger partial charge on any atom is -0.491 e. The zero-order valence-electron chi connectivity index (χ0n) is 15.7. The average molecular weight is 430 g/mol. The number of benzene rings is 1. The van der Waals surface area contributed by atoms with Crippen LogP contribution in [0.5, 0.6) is 5.75 Å². The van der Waals surface area contributed by atoms with Crippen molar-refractivity contribution in [2.75, 3.05) is 14.2 Å². The maximum absolute atomic E-state index is 13.7. The van der Waals surface area contributed by atoms with Crippen molar-refractivity contribution in [1.82, 2.24) is 9.88 Å². The molecule has 0 radical (unpaired) electrons. The highest BCUT2D eigenvalue weighted by molar-refractivity contribution is 5.96. The van der Waals surface area contributed by atoms with Gasteiger partial charge in [-0.2, -0.15) is 0 Å². The molecule has 0 aliphatic carbocycles. The number of rotatable bonds is 7. The summed E-state index contributed by atoms with van der Waals surface area (Å²) in [7, 11) is 2.05. The minimum atomic E-state index is -1.97. The number of nitrogens with zero attached hydrogens (tertiary/aromatic N) is 1. The van der Waals surface area contributed by atoms with E-state index in [1.54, 1.807) is 0 Å². The Kier molecular flexibility index (Phi) is 7.19. The first kappa shape index (κ1) is 22.9. The lowest BCUT2D eigenvalue weighted by molar-refractivity contribution is -0.0519. The Morgan fingerprint density at radius 3 is 2.27 bits per heavy atom. The molecule has 0 bridgehead atoms. The molecule has 0 fully saturated rings. The van der Waals surface area contributed by atoms with Crippen LogP contribution in [0.1, 0.15) is 26.4 Å². The predicted molar refractivity (Wildman–Crippen MR) is 94.3 cm³/mol. The molecule has 0 atom stereocenters. The van der Waals surface area contributed by atoms with Gasteiger partial charge >= 0.3 is 5.97 Å². The SMILES string of the molecule is COC(=O)c1c(OC)c(=O)c(C(=O)NCc2c(F)cc(F)cc2F)cn1CC(O)O. The number of pyridine rings is 1. The van der Waals surface area contributed by atoms with Crippen molar-refractivity contribution in [3.05, 3.63) is 62.8 Å². The van der Waals surface area contributed by atoms with Crippen molar-refractivity contribution in [3.63, 3.8) is 0 Å². The van der Waals surface area contributed by atoms with Crippen LogP contribution in [-0.4, -0.2) is 47.2 Å². The summed E-state index contributed by atoms with van der Waals surface area (Å²) >= 11 is 0. The van der Waals surface area contributed by atoms with Gasteiger partial charge in [-0.15, -0.1) is 0 Å². The number of aliphatic hydroxyl groups is 2. The van der Waals surface area contributed by atoms with Crippen molar-refractivity contribution in [2.45, 2.75) is 19.4 Å². The summed E-state index contributed by atoms with van der Waals surface area (Å²) in [5.74, 6) is -6.41. The second-order valence-electron chi connectivity index (χ2n) is 5.91. The average Bonchev–Trinajstić information content (AvgIpc) is 2.66. The number of amides is 1. The summed E-state index contributed by atoms with van der Waals surface area (Å²) in [4.78, 5) is 37.0. The van der Waals surface area contributed by atoms with Gasteiger partial charge < -0.3 is 29.6 Å². The number of esters is 1. The molecular formula is C18H17F3N2O7. The number of hydrogen-bond acceptors (Lipinski definition) is 7. The van der Waals surface area contributed by atoms with Gasteiger partial charge in [0.15, 0.2) is 17.7 Å². The summed E-state index contributed by atoms with van der Waals surface area (Å²) in [5.41, 5.74) is -2.80. The molecular weight excluding hydrogens is 413 g/mol. The third kappa shape index (κ3) is 4.78. The number of nitrogens with one attached hydrogen (secondary N) is 1. The van der Waals surface area contributed by atoms with Gasteiger partial charge in [-0.25, -0.2) is 18.0 Å². The highest BCUT2D eigenvalue weighted by Crippen LogP contribution is 2.18. The minimum absolute atomic E-state index is 0.425. The summed E-state index contributed by atoms with van der Waals surface area (Å²) in [5, 5.41) is 20.6. The Morgan fingerprint density at radius 1 is 1.17 bits per heavy atom. The van der Waals surface area contributed by atoms with Crippen LogP contribution in [0.15, 0.2) is 23.1 Å². The van der Waals surface area contributed by atoms with E-state index in [1.807, 2.05) is 0 Å². The fraction of sp³-hybridized carbons (Fsp3) is 0.278. The van der Waals surface area contributed by atoms with Crippen molar-refractivity contribution >= 4 is 11.9 Å². The van der Waals surface area contributed by atoms with Crippen molar-refractivity contribution in [1.29, 1.82) is 0 Å². The van der Waals surface area contributed by atoms with Gasteiger partial charge in [-0.3, -0.25) is 9.59 Å². The Balaban J connectivity index is 2.47. The molecule has 1 heterocycles. The van der Waals surface area contributed by atoms with Gasteiger partial charge in [-0.05, 0) is 0 Å². The zero-order valence-corrected chi connectivity index (χ0v) is 15.7. The van der Waals surface area contributed by atoms with E-state index in [2.05, 4.69) is 10.1 Å². The van der Waals surface area contributed by atoms with E-state index in [4.69, 9.17) is 4.74 Å². The lowest BCUT2D eigenvalue weighted by Gasteiger charge is -2.17. The lowest BCUT2D eigenvalue weighted by atomic mass is 10.1. The predicted octanol–water partition coefficient (Wildman–Crippen LogP) is 0.301. The van der Waals surface area contributed by atoms with Gasteiger partial charge in [-0.1, -0.05) is 0 Å². The third-order valence-electron chi connectivity index (χ3n) is 3.96. The van der Waals surface area contributed by atoms with Crippen LogP contribution in [0.25, 0.3) is 0 Å². The Labute approximate surface area is 167 Å². The number of hydrogen-bond donors (Lipinski definition) is 3. The molecule has 30 heavy (non-hydrogen) atoms. The smallest absolute Gasteiger partial charge is 0.358 e. The van der Waals surface area contributed by atoms with Gasteiger partial charge in [0, 0.05) is 30.4 Å². The summed E-state index contributed by atoms with van der Waals surface area (Å²) in [6, 6.07) is 0.850. The van der Waals surface area contributed by atoms with Crippen molar-refractivity contribution in [2.24, 2.45) is 0 Å². The van der Waals surface area contributed by atoms with Crippen LogP contribution in [0, 0.1) is 17.5 Å². The summed E-state index contributed by atoms with van der Waals surface area (Å²) < 4.78 is 50.7. The van der Waals surface area contributed by atoms with Crippen molar-refractivity contribution < 1.29 is 42.4 Å². The number of methoxy groups -OCH3 is 2. The molecule has 162 valence electrons. The normalized spacial score (nSPS) is 10.8. The molecule has 1 aromatic heterocycles. The Hall–Kier alpha value is -3.38. The number of ether oxygens (including phenoxy) is 2. The van der Waals surface area contributed by atoms with E-state index in [0.29, 0.717) is 12.1 Å². The van der Waals surface area contributed by atoms with Crippen LogP contribution >= 0.6 is 0 Å². The van der Waals surface area contributed by atoms with E-state index >= 15 is 0 Å². The first-order valence-corrected chi connectivity index (χ1v) is 8.28. The molecule has 3 N–H and O–H groups in total. The molecule has 1 amide bonds. The van der Waals surface area contributed by atoms with Crippen LogP contribution in [0.3, 0.4) is 0 Å². The molecule has 9 nitrogen and oxygen atoms in total. The third-order valence-corrected chi connectivity index (χ3v) is 3.96. The molecule has 0 spiro atoms. The molecule has 0 aliphatic heterocycles. The maximum Gasteiger partial charge on any atom is 0.358 e. The molecule has 0 saturated carbocycles. The second kappa shape index (κ2) is 9.41. The monoisotopic (exact) mass is 430 g/mol. The Bertz CT molecular complexity index is 1010. The number of carbonyl (C=O) groups is 2. The summed E-state index contributed by atoms with van der Waals surface area (Å²) in [6.45, 7) is -1.36. The Morgan fingerprint density at radius 2 is 1.77 bits per heavy atom.